The molecule has 0 atom stereocenters. The molecule has 3 rings (SSSR count). The highest BCUT2D eigenvalue weighted by Gasteiger charge is 2.38. The number of anilines is 1. The minimum atomic E-state index is -4.50. The summed E-state index contributed by atoms with van der Waals surface area (Å²) in [5.41, 5.74) is 0.541. The summed E-state index contributed by atoms with van der Waals surface area (Å²) in [7, 11) is 0. The number of benzene rings is 1. The topological polar surface area (TPSA) is 16.1 Å². The van der Waals surface area contributed by atoms with E-state index < -0.39 is 16.9 Å². The summed E-state index contributed by atoms with van der Waals surface area (Å²) in [4.78, 5) is 5.34. The molecule has 2 aromatic rings. The van der Waals surface area contributed by atoms with Gasteiger partial charge in [-0.05, 0) is 30.4 Å². The number of aromatic nitrogens is 1. The SMILES string of the molecule is FC(F)(F)c1c(N2CCC(c3ccccc3)CC2)ccnc1Cl. The lowest BCUT2D eigenvalue weighted by Crippen LogP contribution is -2.34. The highest BCUT2D eigenvalue weighted by molar-refractivity contribution is 6.30. The first kappa shape index (κ1) is 16.1. The molecule has 0 spiro atoms. The molecule has 0 amide bonds. The van der Waals surface area contributed by atoms with E-state index in [4.69, 9.17) is 11.6 Å². The Morgan fingerprint density at radius 2 is 1.70 bits per heavy atom. The van der Waals surface area contributed by atoms with E-state index >= 15 is 0 Å². The summed E-state index contributed by atoms with van der Waals surface area (Å²) in [6, 6.07) is 11.5. The molecule has 1 fully saturated rings. The van der Waals surface area contributed by atoms with Gasteiger partial charge in [-0.2, -0.15) is 13.2 Å². The number of rotatable bonds is 2. The first-order chi connectivity index (χ1) is 11.0. The zero-order valence-corrected chi connectivity index (χ0v) is 13.1. The van der Waals surface area contributed by atoms with Crippen molar-refractivity contribution in [2.24, 2.45) is 0 Å². The van der Waals surface area contributed by atoms with Crippen LogP contribution in [0.5, 0.6) is 0 Å². The smallest absolute Gasteiger partial charge is 0.371 e. The summed E-state index contributed by atoms with van der Waals surface area (Å²) in [6.07, 6.45) is -1.53. The predicted octanol–water partition coefficient (Wildman–Crippen LogP) is 5.14. The van der Waals surface area contributed by atoms with Gasteiger partial charge in [0.05, 0.1) is 5.69 Å². The first-order valence-electron chi connectivity index (χ1n) is 7.48. The van der Waals surface area contributed by atoms with Gasteiger partial charge in [0.2, 0.25) is 0 Å². The molecule has 1 aliphatic heterocycles. The lowest BCUT2D eigenvalue weighted by Gasteiger charge is -2.35. The number of nitrogens with zero attached hydrogens (tertiary/aromatic N) is 2. The molecule has 1 aromatic carbocycles. The van der Waals surface area contributed by atoms with Crippen LogP contribution in [0.1, 0.15) is 29.9 Å². The maximum Gasteiger partial charge on any atom is 0.421 e. The van der Waals surface area contributed by atoms with Gasteiger partial charge in [-0.1, -0.05) is 41.9 Å². The van der Waals surface area contributed by atoms with Crippen LogP contribution in [0.25, 0.3) is 0 Å². The van der Waals surface area contributed by atoms with E-state index in [0.717, 1.165) is 12.8 Å². The van der Waals surface area contributed by atoms with Crippen LogP contribution in [0.2, 0.25) is 5.15 Å². The van der Waals surface area contributed by atoms with Crippen molar-refractivity contribution in [3.8, 4) is 0 Å². The van der Waals surface area contributed by atoms with Crippen molar-refractivity contribution in [1.29, 1.82) is 0 Å². The van der Waals surface area contributed by atoms with Gasteiger partial charge < -0.3 is 4.90 Å². The van der Waals surface area contributed by atoms with Crippen LogP contribution in [0.15, 0.2) is 42.6 Å². The predicted molar refractivity (Wildman–Crippen MR) is 84.9 cm³/mol. The molecule has 2 nitrogen and oxygen atoms in total. The minimum Gasteiger partial charge on any atom is -0.371 e. The van der Waals surface area contributed by atoms with E-state index in [1.165, 1.54) is 17.8 Å². The van der Waals surface area contributed by atoms with Crippen LogP contribution in [-0.2, 0) is 6.18 Å². The Balaban J connectivity index is 1.80. The standard InChI is InChI=1S/C17H16ClF3N2/c18-16-15(17(19,20)21)14(6-9-22-16)23-10-7-13(8-11-23)12-4-2-1-3-5-12/h1-6,9,13H,7-8,10-11H2. The second-order valence-electron chi connectivity index (χ2n) is 5.67. The Morgan fingerprint density at radius 3 is 2.30 bits per heavy atom. The second-order valence-corrected chi connectivity index (χ2v) is 6.02. The van der Waals surface area contributed by atoms with Gasteiger partial charge in [-0.3, -0.25) is 0 Å². The monoisotopic (exact) mass is 340 g/mol. The molecule has 0 bridgehead atoms. The first-order valence-corrected chi connectivity index (χ1v) is 7.86. The summed E-state index contributed by atoms with van der Waals surface area (Å²) < 4.78 is 39.8. The Hall–Kier alpha value is -1.75. The summed E-state index contributed by atoms with van der Waals surface area (Å²) in [5.74, 6) is 0.388. The molecule has 1 aromatic heterocycles. The number of halogens is 4. The van der Waals surface area contributed by atoms with Gasteiger partial charge in [-0.15, -0.1) is 0 Å². The summed E-state index contributed by atoms with van der Waals surface area (Å²) in [5, 5.41) is -0.486. The van der Waals surface area contributed by atoms with Crippen molar-refractivity contribution in [3.05, 3.63) is 58.9 Å². The summed E-state index contributed by atoms with van der Waals surface area (Å²) >= 11 is 5.70. The molecule has 0 aliphatic carbocycles. The van der Waals surface area contributed by atoms with Crippen LogP contribution in [-0.4, -0.2) is 18.1 Å². The number of hydrogen-bond acceptors (Lipinski definition) is 2. The van der Waals surface area contributed by atoms with E-state index in [-0.39, 0.29) is 5.69 Å². The van der Waals surface area contributed by atoms with Gasteiger partial charge in [0.1, 0.15) is 10.7 Å². The summed E-state index contributed by atoms with van der Waals surface area (Å²) in [6.45, 7) is 1.14. The third-order valence-corrected chi connectivity index (χ3v) is 4.56. The minimum absolute atomic E-state index is 0.129. The highest BCUT2D eigenvalue weighted by atomic mass is 35.5. The van der Waals surface area contributed by atoms with Crippen LogP contribution in [0.3, 0.4) is 0 Å². The van der Waals surface area contributed by atoms with Crippen LogP contribution in [0.4, 0.5) is 18.9 Å². The molecule has 0 unspecified atom stereocenters. The van der Waals surface area contributed by atoms with E-state index in [1.54, 1.807) is 4.90 Å². The number of piperidine rings is 1. The van der Waals surface area contributed by atoms with E-state index in [0.29, 0.717) is 19.0 Å². The molecule has 0 radical (unpaired) electrons. The molecule has 1 aliphatic rings. The average Bonchev–Trinajstić information content (AvgIpc) is 2.54. The average molecular weight is 341 g/mol. The maximum absolute atomic E-state index is 13.3. The van der Waals surface area contributed by atoms with Crippen LogP contribution >= 0.6 is 11.6 Å². The second kappa shape index (κ2) is 6.40. The molecule has 1 saturated heterocycles. The van der Waals surface area contributed by atoms with Gasteiger partial charge in [-0.25, -0.2) is 4.98 Å². The Kier molecular flexibility index (Phi) is 4.48. The molecule has 0 saturated carbocycles. The van der Waals surface area contributed by atoms with Crippen LogP contribution in [0, 0.1) is 0 Å². The molecule has 122 valence electrons. The lowest BCUT2D eigenvalue weighted by molar-refractivity contribution is -0.137. The molecular weight excluding hydrogens is 325 g/mol. The Morgan fingerprint density at radius 1 is 1.04 bits per heavy atom. The van der Waals surface area contributed by atoms with E-state index in [2.05, 4.69) is 17.1 Å². The zero-order valence-electron chi connectivity index (χ0n) is 12.4. The van der Waals surface area contributed by atoms with Gasteiger partial charge in [0.15, 0.2) is 0 Å². The van der Waals surface area contributed by atoms with Gasteiger partial charge in [0.25, 0.3) is 0 Å². The quantitative estimate of drug-likeness (QED) is 0.704. The lowest BCUT2D eigenvalue weighted by atomic mass is 9.89. The van der Waals surface area contributed by atoms with Gasteiger partial charge in [0, 0.05) is 19.3 Å². The van der Waals surface area contributed by atoms with Crippen molar-refractivity contribution in [1.82, 2.24) is 4.98 Å². The molecule has 6 heteroatoms. The number of hydrogen-bond donors (Lipinski definition) is 0. The largest absolute Gasteiger partial charge is 0.421 e. The zero-order chi connectivity index (χ0) is 16.4. The molecular formula is C17H16ClF3N2. The van der Waals surface area contributed by atoms with Crippen molar-refractivity contribution >= 4 is 17.3 Å². The van der Waals surface area contributed by atoms with Crippen molar-refractivity contribution in [3.63, 3.8) is 0 Å². The molecule has 0 N–H and O–H groups in total. The fourth-order valence-electron chi connectivity index (χ4n) is 3.13. The number of pyridine rings is 1. The van der Waals surface area contributed by atoms with Crippen molar-refractivity contribution < 1.29 is 13.2 Å². The van der Waals surface area contributed by atoms with E-state index in [9.17, 15) is 13.2 Å². The van der Waals surface area contributed by atoms with E-state index in [1.807, 2.05) is 18.2 Å². The van der Waals surface area contributed by atoms with Crippen molar-refractivity contribution in [2.45, 2.75) is 24.9 Å². The van der Waals surface area contributed by atoms with Gasteiger partial charge >= 0.3 is 6.18 Å². The fourth-order valence-corrected chi connectivity index (χ4v) is 3.39. The highest BCUT2D eigenvalue weighted by Crippen LogP contribution is 2.41. The Bertz CT molecular complexity index is 665. The van der Waals surface area contributed by atoms with Crippen LogP contribution < -0.4 is 4.90 Å². The normalized spacial score (nSPS) is 16.6. The number of alkyl halides is 3. The maximum atomic E-state index is 13.3. The van der Waals surface area contributed by atoms with Crippen molar-refractivity contribution in [2.75, 3.05) is 18.0 Å². The molecule has 2 heterocycles. The Labute approximate surface area is 137 Å². The third kappa shape index (κ3) is 3.44. The third-order valence-electron chi connectivity index (χ3n) is 4.27. The molecule has 23 heavy (non-hydrogen) atoms. The fraction of sp³-hybridized carbons (Fsp3) is 0.353.